The van der Waals surface area contributed by atoms with Gasteiger partial charge < -0.3 is 16.0 Å². The van der Waals surface area contributed by atoms with Crippen LogP contribution in [0.15, 0.2) is 24.3 Å². The molecule has 0 aromatic heterocycles. The molecule has 3 rings (SSSR count). The summed E-state index contributed by atoms with van der Waals surface area (Å²) < 4.78 is 0. The van der Waals surface area contributed by atoms with Gasteiger partial charge in [-0.25, -0.2) is 0 Å². The summed E-state index contributed by atoms with van der Waals surface area (Å²) in [6, 6.07) is 8.76. The number of anilines is 1. The van der Waals surface area contributed by atoms with Gasteiger partial charge in [-0.15, -0.1) is 0 Å². The Labute approximate surface area is 120 Å². The third-order valence-electron chi connectivity index (χ3n) is 4.02. The van der Waals surface area contributed by atoms with E-state index in [0.717, 1.165) is 37.2 Å². The van der Waals surface area contributed by atoms with Gasteiger partial charge in [0.2, 0.25) is 0 Å². The van der Waals surface area contributed by atoms with E-state index in [4.69, 9.17) is 0 Å². The number of rotatable bonds is 5. The Balaban J connectivity index is 1.48. The van der Waals surface area contributed by atoms with Crippen LogP contribution in [0.1, 0.15) is 42.5 Å². The van der Waals surface area contributed by atoms with E-state index in [2.05, 4.69) is 16.0 Å². The number of carbonyl (C=O) groups is 1. The molecular formula is C16H23N3O. The van der Waals surface area contributed by atoms with Gasteiger partial charge in [0, 0.05) is 29.9 Å². The molecule has 20 heavy (non-hydrogen) atoms. The van der Waals surface area contributed by atoms with Crippen molar-refractivity contribution in [2.45, 2.75) is 44.2 Å². The molecule has 1 aliphatic carbocycles. The molecule has 1 saturated carbocycles. The Morgan fingerprint density at radius 3 is 2.60 bits per heavy atom. The van der Waals surface area contributed by atoms with Crippen LogP contribution in [0, 0.1) is 0 Å². The summed E-state index contributed by atoms with van der Waals surface area (Å²) in [5, 5.41) is 9.96. The summed E-state index contributed by atoms with van der Waals surface area (Å²) in [6.07, 6.45) is 6.11. The maximum Gasteiger partial charge on any atom is 0.251 e. The van der Waals surface area contributed by atoms with Crippen molar-refractivity contribution in [3.05, 3.63) is 29.8 Å². The first-order valence-corrected chi connectivity index (χ1v) is 7.69. The van der Waals surface area contributed by atoms with Crippen LogP contribution >= 0.6 is 0 Å². The fourth-order valence-corrected chi connectivity index (χ4v) is 2.58. The second-order valence-corrected chi connectivity index (χ2v) is 5.85. The third-order valence-corrected chi connectivity index (χ3v) is 4.02. The van der Waals surface area contributed by atoms with Crippen LogP contribution in [-0.2, 0) is 0 Å². The highest BCUT2D eigenvalue weighted by molar-refractivity contribution is 5.94. The van der Waals surface area contributed by atoms with Gasteiger partial charge in [0.25, 0.3) is 5.91 Å². The highest BCUT2D eigenvalue weighted by Gasteiger charge is 2.23. The topological polar surface area (TPSA) is 53.2 Å². The van der Waals surface area contributed by atoms with E-state index in [0.29, 0.717) is 12.1 Å². The van der Waals surface area contributed by atoms with Crippen molar-refractivity contribution in [2.75, 3.05) is 18.4 Å². The van der Waals surface area contributed by atoms with Gasteiger partial charge in [0.15, 0.2) is 0 Å². The van der Waals surface area contributed by atoms with Crippen molar-refractivity contribution >= 4 is 11.6 Å². The fourth-order valence-electron chi connectivity index (χ4n) is 2.58. The van der Waals surface area contributed by atoms with Crippen LogP contribution in [0.2, 0.25) is 0 Å². The van der Waals surface area contributed by atoms with E-state index in [1.54, 1.807) is 0 Å². The first kappa shape index (κ1) is 13.4. The average molecular weight is 273 g/mol. The zero-order valence-corrected chi connectivity index (χ0v) is 11.8. The highest BCUT2D eigenvalue weighted by atomic mass is 16.1. The largest absolute Gasteiger partial charge is 0.383 e. The Morgan fingerprint density at radius 1 is 1.15 bits per heavy atom. The quantitative estimate of drug-likeness (QED) is 0.770. The molecule has 3 N–H and O–H groups in total. The van der Waals surface area contributed by atoms with Gasteiger partial charge in [0.1, 0.15) is 0 Å². The minimum absolute atomic E-state index is 0.0491. The minimum atomic E-state index is 0.0491. The van der Waals surface area contributed by atoms with Crippen LogP contribution in [-0.4, -0.2) is 31.1 Å². The van der Waals surface area contributed by atoms with E-state index in [1.807, 2.05) is 24.3 Å². The number of carbonyl (C=O) groups excluding carboxylic acids is 1. The molecule has 2 fully saturated rings. The fraction of sp³-hybridized carbons (Fsp3) is 0.562. The number of piperidine rings is 1. The molecule has 1 aromatic carbocycles. The maximum atomic E-state index is 11.9. The van der Waals surface area contributed by atoms with Crippen molar-refractivity contribution < 1.29 is 4.79 Å². The Kier molecular flexibility index (Phi) is 4.21. The molecule has 4 nitrogen and oxygen atoms in total. The smallest absolute Gasteiger partial charge is 0.251 e. The van der Waals surface area contributed by atoms with Gasteiger partial charge >= 0.3 is 0 Å². The van der Waals surface area contributed by atoms with Gasteiger partial charge in [-0.3, -0.25) is 4.79 Å². The second kappa shape index (κ2) is 6.27. The van der Waals surface area contributed by atoms with Gasteiger partial charge in [-0.05, 0) is 56.5 Å². The zero-order valence-electron chi connectivity index (χ0n) is 11.8. The molecule has 1 amide bonds. The Hall–Kier alpha value is -1.55. The minimum Gasteiger partial charge on any atom is -0.383 e. The summed E-state index contributed by atoms with van der Waals surface area (Å²) in [5.41, 5.74) is 1.83. The molecule has 1 saturated heterocycles. The third kappa shape index (κ3) is 3.73. The van der Waals surface area contributed by atoms with E-state index in [9.17, 15) is 4.79 Å². The van der Waals surface area contributed by atoms with Crippen LogP contribution in [0.3, 0.4) is 0 Å². The monoisotopic (exact) mass is 273 g/mol. The SMILES string of the molecule is O=C(NC1CC1)c1ccc(NCC2CCCCN2)cc1. The van der Waals surface area contributed by atoms with E-state index < -0.39 is 0 Å². The zero-order chi connectivity index (χ0) is 13.8. The molecule has 0 bridgehead atoms. The summed E-state index contributed by atoms with van der Waals surface area (Å²) in [7, 11) is 0. The van der Waals surface area contributed by atoms with Crippen LogP contribution in [0.4, 0.5) is 5.69 Å². The Bertz CT molecular complexity index is 447. The highest BCUT2D eigenvalue weighted by Crippen LogP contribution is 2.19. The molecule has 1 heterocycles. The van der Waals surface area contributed by atoms with Crippen molar-refractivity contribution in [1.29, 1.82) is 0 Å². The first-order chi connectivity index (χ1) is 9.81. The standard InChI is InChI=1S/C16H23N3O/c20-16(19-14-8-9-14)12-4-6-13(7-5-12)18-11-15-3-1-2-10-17-15/h4-7,14-15,17-18H,1-3,8-11H2,(H,19,20). The molecule has 2 aliphatic rings. The van der Waals surface area contributed by atoms with Crippen molar-refractivity contribution in [3.63, 3.8) is 0 Å². The average Bonchev–Trinajstić information content (AvgIpc) is 3.31. The summed E-state index contributed by atoms with van der Waals surface area (Å²) >= 11 is 0. The molecular weight excluding hydrogens is 250 g/mol. The maximum absolute atomic E-state index is 11.9. The van der Waals surface area contributed by atoms with Crippen LogP contribution in [0.25, 0.3) is 0 Å². The lowest BCUT2D eigenvalue weighted by Gasteiger charge is -2.24. The molecule has 108 valence electrons. The van der Waals surface area contributed by atoms with Crippen molar-refractivity contribution in [2.24, 2.45) is 0 Å². The number of benzene rings is 1. The van der Waals surface area contributed by atoms with Crippen LogP contribution in [0.5, 0.6) is 0 Å². The molecule has 0 radical (unpaired) electrons. The number of hydrogen-bond donors (Lipinski definition) is 3. The molecule has 4 heteroatoms. The van der Waals surface area contributed by atoms with Crippen LogP contribution < -0.4 is 16.0 Å². The predicted octanol–water partition coefficient (Wildman–Crippen LogP) is 2.13. The number of amides is 1. The number of hydrogen-bond acceptors (Lipinski definition) is 3. The molecule has 1 aromatic rings. The van der Waals surface area contributed by atoms with E-state index >= 15 is 0 Å². The lowest BCUT2D eigenvalue weighted by molar-refractivity contribution is 0.0951. The molecule has 1 aliphatic heterocycles. The van der Waals surface area contributed by atoms with E-state index in [-0.39, 0.29) is 5.91 Å². The van der Waals surface area contributed by atoms with E-state index in [1.165, 1.54) is 19.3 Å². The molecule has 1 unspecified atom stereocenters. The second-order valence-electron chi connectivity index (χ2n) is 5.85. The van der Waals surface area contributed by atoms with Gasteiger partial charge in [-0.1, -0.05) is 6.42 Å². The lowest BCUT2D eigenvalue weighted by Crippen LogP contribution is -2.39. The van der Waals surface area contributed by atoms with Gasteiger partial charge in [0.05, 0.1) is 0 Å². The summed E-state index contributed by atoms with van der Waals surface area (Å²) in [6.45, 7) is 2.08. The lowest BCUT2D eigenvalue weighted by atomic mass is 10.1. The molecule has 1 atom stereocenters. The number of nitrogens with one attached hydrogen (secondary N) is 3. The van der Waals surface area contributed by atoms with Crippen molar-refractivity contribution in [3.8, 4) is 0 Å². The molecule has 0 spiro atoms. The first-order valence-electron chi connectivity index (χ1n) is 7.69. The normalized spacial score (nSPS) is 22.3. The summed E-state index contributed by atoms with van der Waals surface area (Å²) in [5.74, 6) is 0.0491. The van der Waals surface area contributed by atoms with Crippen molar-refractivity contribution in [1.82, 2.24) is 10.6 Å². The Morgan fingerprint density at radius 2 is 1.95 bits per heavy atom. The van der Waals surface area contributed by atoms with Gasteiger partial charge in [-0.2, -0.15) is 0 Å². The predicted molar refractivity (Wildman–Crippen MR) is 81.1 cm³/mol. The summed E-state index contributed by atoms with van der Waals surface area (Å²) in [4.78, 5) is 11.9.